The third-order valence-corrected chi connectivity index (χ3v) is 4.88. The predicted molar refractivity (Wildman–Crippen MR) is 112 cm³/mol. The minimum absolute atomic E-state index is 0.0567. The van der Waals surface area contributed by atoms with Crippen LogP contribution in [-0.2, 0) is 0 Å². The second-order valence-corrected chi connectivity index (χ2v) is 7.21. The minimum atomic E-state index is -0.424. The van der Waals surface area contributed by atoms with Gasteiger partial charge in [-0.15, -0.1) is 5.10 Å². The molecular weight excluding hydrogens is 380 g/mol. The predicted octanol–water partition coefficient (Wildman–Crippen LogP) is 4.09. The number of nitrogens with one attached hydrogen (secondary N) is 1. The summed E-state index contributed by atoms with van der Waals surface area (Å²) in [5.74, 6) is 1.47. The molecule has 7 nitrogen and oxygen atoms in total. The first-order chi connectivity index (χ1) is 14.5. The van der Waals surface area contributed by atoms with E-state index >= 15 is 0 Å². The highest BCUT2D eigenvalue weighted by molar-refractivity contribution is 5.71. The van der Waals surface area contributed by atoms with E-state index in [0.29, 0.717) is 11.5 Å². The number of benzene rings is 2. The van der Waals surface area contributed by atoms with E-state index in [2.05, 4.69) is 16.3 Å². The number of aromatic nitrogens is 2. The molecule has 0 saturated carbocycles. The fourth-order valence-electron chi connectivity index (χ4n) is 3.59. The number of methoxy groups -OCH3 is 1. The quantitative estimate of drug-likeness (QED) is 0.666. The van der Waals surface area contributed by atoms with Crippen molar-refractivity contribution in [2.75, 3.05) is 7.11 Å². The van der Waals surface area contributed by atoms with Crippen molar-refractivity contribution in [1.82, 2.24) is 10.2 Å². The van der Waals surface area contributed by atoms with Crippen LogP contribution in [0.2, 0.25) is 0 Å². The van der Waals surface area contributed by atoms with E-state index in [1.54, 1.807) is 7.11 Å². The zero-order valence-corrected chi connectivity index (χ0v) is 17.0. The third kappa shape index (κ3) is 3.44. The molecule has 2 heterocycles. The van der Waals surface area contributed by atoms with Crippen molar-refractivity contribution in [2.24, 2.45) is 5.73 Å². The maximum absolute atomic E-state index is 9.83. The third-order valence-electron chi connectivity index (χ3n) is 4.88. The summed E-state index contributed by atoms with van der Waals surface area (Å²) < 4.78 is 16.8. The molecular formula is C23H22N4O3. The summed E-state index contributed by atoms with van der Waals surface area (Å²) in [5, 5.41) is 17.2. The van der Waals surface area contributed by atoms with Crippen molar-refractivity contribution in [3.8, 4) is 34.7 Å². The van der Waals surface area contributed by atoms with Crippen LogP contribution in [0.15, 0.2) is 60.0 Å². The van der Waals surface area contributed by atoms with Crippen LogP contribution in [-0.4, -0.2) is 23.4 Å². The molecule has 3 N–H and O–H groups in total. The highest BCUT2D eigenvalue weighted by Crippen LogP contribution is 2.46. The summed E-state index contributed by atoms with van der Waals surface area (Å²) in [4.78, 5) is 0. The standard InChI is InChI=1S/C23H22N4O3/c1-13(2)29-16-9-7-14(8-10-16)19-18(12-24)22(25)30-23-20(19)21(26-27-23)15-5-4-6-17(11-15)28-3/h4-11,13,19H,25H2,1-3H3,(H,26,27)/t19-/m1/s1. The Bertz CT molecular complexity index is 1140. The number of nitrogens with zero attached hydrogens (tertiary/aromatic N) is 2. The molecule has 4 rings (SSSR count). The Morgan fingerprint density at radius 3 is 2.60 bits per heavy atom. The van der Waals surface area contributed by atoms with Crippen molar-refractivity contribution >= 4 is 0 Å². The van der Waals surface area contributed by atoms with Gasteiger partial charge in [-0.05, 0) is 43.7 Å². The van der Waals surface area contributed by atoms with Crippen LogP contribution in [0.5, 0.6) is 17.4 Å². The van der Waals surface area contributed by atoms with Crippen molar-refractivity contribution in [1.29, 1.82) is 5.26 Å². The van der Waals surface area contributed by atoms with Crippen LogP contribution in [0.3, 0.4) is 0 Å². The first-order valence-corrected chi connectivity index (χ1v) is 9.58. The molecule has 0 unspecified atom stereocenters. The summed E-state index contributed by atoms with van der Waals surface area (Å²) in [6, 6.07) is 17.5. The highest BCUT2D eigenvalue weighted by Gasteiger charge is 2.35. The number of aromatic amines is 1. The average molecular weight is 402 g/mol. The summed E-state index contributed by atoms with van der Waals surface area (Å²) in [7, 11) is 1.62. The van der Waals surface area contributed by atoms with Crippen LogP contribution < -0.4 is 19.9 Å². The molecule has 2 aromatic carbocycles. The van der Waals surface area contributed by atoms with E-state index < -0.39 is 5.92 Å². The van der Waals surface area contributed by atoms with E-state index in [1.165, 1.54) is 0 Å². The number of allylic oxidation sites excluding steroid dienone is 1. The van der Waals surface area contributed by atoms with Gasteiger partial charge in [-0.3, -0.25) is 5.10 Å². The van der Waals surface area contributed by atoms with Crippen molar-refractivity contribution < 1.29 is 14.2 Å². The van der Waals surface area contributed by atoms with Crippen molar-refractivity contribution in [2.45, 2.75) is 25.9 Å². The lowest BCUT2D eigenvalue weighted by Gasteiger charge is -2.24. The molecule has 0 radical (unpaired) electrons. The van der Waals surface area contributed by atoms with Gasteiger partial charge in [-0.2, -0.15) is 5.26 Å². The average Bonchev–Trinajstić information content (AvgIpc) is 3.16. The monoisotopic (exact) mass is 402 g/mol. The Kier molecular flexibility index (Phi) is 5.07. The van der Waals surface area contributed by atoms with Crippen LogP contribution in [0.25, 0.3) is 11.3 Å². The first-order valence-electron chi connectivity index (χ1n) is 9.58. The molecule has 0 amide bonds. The Labute approximate surface area is 174 Å². The largest absolute Gasteiger partial charge is 0.497 e. The van der Waals surface area contributed by atoms with Gasteiger partial charge in [-0.1, -0.05) is 24.3 Å². The Morgan fingerprint density at radius 2 is 1.93 bits per heavy atom. The first kappa shape index (κ1) is 19.4. The molecule has 0 aliphatic carbocycles. The van der Waals surface area contributed by atoms with Gasteiger partial charge in [0.05, 0.1) is 30.4 Å². The number of nitriles is 1. The van der Waals surface area contributed by atoms with E-state index in [0.717, 1.165) is 33.9 Å². The van der Waals surface area contributed by atoms with Crippen LogP contribution in [0.1, 0.15) is 30.9 Å². The zero-order valence-electron chi connectivity index (χ0n) is 17.0. The number of hydrogen-bond acceptors (Lipinski definition) is 6. The number of ether oxygens (including phenoxy) is 3. The molecule has 7 heteroatoms. The van der Waals surface area contributed by atoms with Crippen LogP contribution in [0, 0.1) is 11.3 Å². The molecule has 1 aliphatic heterocycles. The van der Waals surface area contributed by atoms with Gasteiger partial charge < -0.3 is 19.9 Å². The SMILES string of the molecule is COc1cccc(-c2[nH]nc3c2[C@H](c2ccc(OC(C)C)cc2)C(C#N)=C(N)O3)c1. The molecule has 0 bridgehead atoms. The highest BCUT2D eigenvalue weighted by atomic mass is 16.5. The molecule has 0 fully saturated rings. The van der Waals surface area contributed by atoms with Gasteiger partial charge in [0.25, 0.3) is 0 Å². The van der Waals surface area contributed by atoms with E-state index in [9.17, 15) is 5.26 Å². The van der Waals surface area contributed by atoms with Crippen LogP contribution in [0.4, 0.5) is 0 Å². The molecule has 1 atom stereocenters. The maximum atomic E-state index is 9.83. The summed E-state index contributed by atoms with van der Waals surface area (Å²) in [5.41, 5.74) is 9.66. The molecule has 152 valence electrons. The molecule has 1 aliphatic rings. The Balaban J connectivity index is 1.84. The second-order valence-electron chi connectivity index (χ2n) is 7.21. The van der Waals surface area contributed by atoms with Gasteiger partial charge in [0.2, 0.25) is 11.8 Å². The molecule has 1 aromatic heterocycles. The number of H-pyrrole nitrogens is 1. The summed E-state index contributed by atoms with van der Waals surface area (Å²) in [6.45, 7) is 3.95. The maximum Gasteiger partial charge on any atom is 0.244 e. The normalized spacial score (nSPS) is 15.4. The zero-order chi connectivity index (χ0) is 21.3. The van der Waals surface area contributed by atoms with Gasteiger partial charge >= 0.3 is 0 Å². The summed E-state index contributed by atoms with van der Waals surface area (Å²) >= 11 is 0. The smallest absolute Gasteiger partial charge is 0.244 e. The lowest BCUT2D eigenvalue weighted by molar-refractivity contribution is 0.242. The molecule has 3 aromatic rings. The fourth-order valence-corrected chi connectivity index (χ4v) is 3.59. The van der Waals surface area contributed by atoms with Crippen molar-refractivity contribution in [3.63, 3.8) is 0 Å². The number of rotatable bonds is 5. The van der Waals surface area contributed by atoms with E-state index in [-0.39, 0.29) is 12.0 Å². The van der Waals surface area contributed by atoms with Crippen molar-refractivity contribution in [3.05, 3.63) is 71.1 Å². The second kappa shape index (κ2) is 7.84. The van der Waals surface area contributed by atoms with Gasteiger partial charge in [0.1, 0.15) is 23.1 Å². The molecule has 30 heavy (non-hydrogen) atoms. The van der Waals surface area contributed by atoms with Crippen LogP contribution >= 0.6 is 0 Å². The number of nitrogens with two attached hydrogens (primary N) is 1. The number of fused-ring (bicyclic) bond motifs is 1. The topological polar surface area (TPSA) is 106 Å². The summed E-state index contributed by atoms with van der Waals surface area (Å²) in [6.07, 6.45) is 0.0734. The Morgan fingerprint density at radius 1 is 1.17 bits per heavy atom. The van der Waals surface area contributed by atoms with Gasteiger partial charge in [0.15, 0.2) is 0 Å². The number of hydrogen-bond donors (Lipinski definition) is 2. The lowest BCUT2D eigenvalue weighted by atomic mass is 9.83. The minimum Gasteiger partial charge on any atom is -0.497 e. The molecule has 0 saturated heterocycles. The van der Waals surface area contributed by atoms with Gasteiger partial charge in [0, 0.05) is 5.56 Å². The molecule has 0 spiro atoms. The Hall–Kier alpha value is -3.92. The fraction of sp³-hybridized carbons (Fsp3) is 0.217. The van der Waals surface area contributed by atoms with E-state index in [4.69, 9.17) is 19.9 Å². The van der Waals surface area contributed by atoms with E-state index in [1.807, 2.05) is 62.4 Å². The lowest BCUT2D eigenvalue weighted by Crippen LogP contribution is -2.21. The van der Waals surface area contributed by atoms with Gasteiger partial charge in [-0.25, -0.2) is 0 Å².